The van der Waals surface area contributed by atoms with Crippen LogP contribution in [0.3, 0.4) is 0 Å². The first-order valence-electron chi connectivity index (χ1n) is 5.03. The Morgan fingerprint density at radius 2 is 1.86 bits per heavy atom. The lowest BCUT2D eigenvalue weighted by Crippen LogP contribution is -2.08. The molecule has 0 aliphatic carbocycles. The van der Waals surface area contributed by atoms with Gasteiger partial charge in [0.2, 0.25) is 0 Å². The first kappa shape index (κ1) is 11.1. The van der Waals surface area contributed by atoms with E-state index in [0.717, 1.165) is 16.9 Å². The van der Waals surface area contributed by atoms with Gasteiger partial charge in [-0.25, -0.2) is 0 Å². The molecule has 14 heavy (non-hydrogen) atoms. The van der Waals surface area contributed by atoms with Crippen LogP contribution >= 0.6 is 0 Å². The van der Waals surface area contributed by atoms with Crippen LogP contribution in [0.25, 0.3) is 0 Å². The SMILES string of the molecule is Cc1cc(C(C)N)ccc1OC(C)C. The molecule has 78 valence electrons. The molecule has 0 saturated heterocycles. The zero-order valence-electron chi connectivity index (χ0n) is 9.37. The molecule has 0 amide bonds. The van der Waals surface area contributed by atoms with Gasteiger partial charge in [0.15, 0.2) is 0 Å². The maximum Gasteiger partial charge on any atom is 0.122 e. The van der Waals surface area contributed by atoms with E-state index < -0.39 is 0 Å². The van der Waals surface area contributed by atoms with Gasteiger partial charge < -0.3 is 10.5 Å². The normalized spacial score (nSPS) is 13.0. The molecule has 2 nitrogen and oxygen atoms in total. The third-order valence-corrected chi connectivity index (χ3v) is 2.09. The highest BCUT2D eigenvalue weighted by Gasteiger charge is 2.05. The van der Waals surface area contributed by atoms with Crippen LogP contribution in [0.5, 0.6) is 5.75 Å². The summed E-state index contributed by atoms with van der Waals surface area (Å²) in [5.74, 6) is 0.949. The van der Waals surface area contributed by atoms with Crippen LogP contribution in [-0.2, 0) is 0 Å². The van der Waals surface area contributed by atoms with E-state index in [9.17, 15) is 0 Å². The van der Waals surface area contributed by atoms with Gasteiger partial charge in [0.25, 0.3) is 0 Å². The van der Waals surface area contributed by atoms with Crippen molar-refractivity contribution in [1.82, 2.24) is 0 Å². The lowest BCUT2D eigenvalue weighted by atomic mass is 10.1. The van der Waals surface area contributed by atoms with E-state index in [0.29, 0.717) is 0 Å². The Kier molecular flexibility index (Phi) is 3.53. The summed E-state index contributed by atoms with van der Waals surface area (Å²) in [6.45, 7) is 8.08. The van der Waals surface area contributed by atoms with Crippen LogP contribution in [-0.4, -0.2) is 6.10 Å². The summed E-state index contributed by atoms with van der Waals surface area (Å²) in [7, 11) is 0. The lowest BCUT2D eigenvalue weighted by molar-refractivity contribution is 0.240. The molecule has 0 heterocycles. The number of hydrogen-bond donors (Lipinski definition) is 1. The van der Waals surface area contributed by atoms with Gasteiger partial charge in [-0.2, -0.15) is 0 Å². The second kappa shape index (κ2) is 4.47. The highest BCUT2D eigenvalue weighted by Crippen LogP contribution is 2.22. The fourth-order valence-corrected chi connectivity index (χ4v) is 1.34. The average Bonchev–Trinajstić information content (AvgIpc) is 2.07. The predicted molar refractivity (Wildman–Crippen MR) is 59.5 cm³/mol. The highest BCUT2D eigenvalue weighted by atomic mass is 16.5. The van der Waals surface area contributed by atoms with Crippen molar-refractivity contribution in [3.63, 3.8) is 0 Å². The number of rotatable bonds is 3. The fraction of sp³-hybridized carbons (Fsp3) is 0.500. The molecule has 0 saturated carbocycles. The minimum absolute atomic E-state index is 0.0850. The van der Waals surface area contributed by atoms with Crippen molar-refractivity contribution in [2.75, 3.05) is 0 Å². The van der Waals surface area contributed by atoms with Gasteiger partial charge in [-0.1, -0.05) is 12.1 Å². The lowest BCUT2D eigenvalue weighted by Gasteiger charge is -2.14. The quantitative estimate of drug-likeness (QED) is 0.801. The van der Waals surface area contributed by atoms with Gasteiger partial charge in [-0.05, 0) is 44.9 Å². The monoisotopic (exact) mass is 193 g/mol. The van der Waals surface area contributed by atoms with E-state index in [2.05, 4.69) is 6.07 Å². The van der Waals surface area contributed by atoms with Crippen LogP contribution in [0.15, 0.2) is 18.2 Å². The molecule has 0 aliphatic heterocycles. The average molecular weight is 193 g/mol. The summed E-state index contributed by atoms with van der Waals surface area (Å²) in [6.07, 6.45) is 0.217. The van der Waals surface area contributed by atoms with E-state index in [1.807, 2.05) is 39.8 Å². The van der Waals surface area contributed by atoms with Crippen LogP contribution in [0.4, 0.5) is 0 Å². The van der Waals surface area contributed by atoms with E-state index >= 15 is 0 Å². The Bertz CT molecular complexity index is 305. The largest absolute Gasteiger partial charge is 0.491 e. The molecule has 1 aromatic carbocycles. The minimum Gasteiger partial charge on any atom is -0.491 e. The van der Waals surface area contributed by atoms with Crippen molar-refractivity contribution in [1.29, 1.82) is 0 Å². The molecule has 1 aromatic rings. The third-order valence-electron chi connectivity index (χ3n) is 2.09. The number of ether oxygens (including phenoxy) is 1. The minimum atomic E-state index is 0.0850. The summed E-state index contributed by atoms with van der Waals surface area (Å²) in [6, 6.07) is 6.19. The van der Waals surface area contributed by atoms with Crippen molar-refractivity contribution in [2.45, 2.75) is 39.8 Å². The fourth-order valence-electron chi connectivity index (χ4n) is 1.34. The number of benzene rings is 1. The zero-order valence-corrected chi connectivity index (χ0v) is 9.37. The maximum absolute atomic E-state index is 5.79. The Morgan fingerprint density at radius 1 is 1.21 bits per heavy atom. The molecule has 2 N–H and O–H groups in total. The van der Waals surface area contributed by atoms with Gasteiger partial charge in [0, 0.05) is 6.04 Å². The van der Waals surface area contributed by atoms with Gasteiger partial charge in [0.1, 0.15) is 5.75 Å². The summed E-state index contributed by atoms with van der Waals surface area (Å²) < 4.78 is 5.64. The van der Waals surface area contributed by atoms with E-state index in [4.69, 9.17) is 10.5 Å². The Hall–Kier alpha value is -1.02. The molecule has 0 radical (unpaired) electrons. The van der Waals surface area contributed by atoms with Gasteiger partial charge >= 0.3 is 0 Å². The number of aryl methyl sites for hydroxylation is 1. The standard InChI is InChI=1S/C12H19NO/c1-8(2)14-12-6-5-11(10(4)13)7-9(12)3/h5-8,10H,13H2,1-4H3. The smallest absolute Gasteiger partial charge is 0.122 e. The third kappa shape index (κ3) is 2.74. The molecule has 0 bridgehead atoms. The van der Waals surface area contributed by atoms with Crippen LogP contribution < -0.4 is 10.5 Å². The van der Waals surface area contributed by atoms with Crippen LogP contribution in [0, 0.1) is 6.92 Å². The summed E-state index contributed by atoms with van der Waals surface area (Å²) in [5.41, 5.74) is 8.09. The maximum atomic E-state index is 5.79. The molecular formula is C12H19NO. The predicted octanol–water partition coefficient (Wildman–Crippen LogP) is 2.80. The second-order valence-corrected chi connectivity index (χ2v) is 3.98. The van der Waals surface area contributed by atoms with E-state index in [1.54, 1.807) is 0 Å². The Balaban J connectivity index is 2.90. The molecule has 2 heteroatoms. The van der Waals surface area contributed by atoms with Crippen LogP contribution in [0.2, 0.25) is 0 Å². The van der Waals surface area contributed by atoms with Crippen molar-refractivity contribution in [3.05, 3.63) is 29.3 Å². The van der Waals surface area contributed by atoms with Crippen molar-refractivity contribution in [2.24, 2.45) is 5.73 Å². The molecule has 0 spiro atoms. The van der Waals surface area contributed by atoms with Gasteiger partial charge in [-0.3, -0.25) is 0 Å². The molecule has 0 aliphatic rings. The van der Waals surface area contributed by atoms with Crippen molar-refractivity contribution >= 4 is 0 Å². The first-order valence-corrected chi connectivity index (χ1v) is 5.03. The molecule has 1 atom stereocenters. The molecule has 1 unspecified atom stereocenters. The molecular weight excluding hydrogens is 174 g/mol. The first-order chi connectivity index (χ1) is 6.50. The van der Waals surface area contributed by atoms with E-state index in [-0.39, 0.29) is 12.1 Å². The summed E-state index contributed by atoms with van der Waals surface area (Å²) >= 11 is 0. The summed E-state index contributed by atoms with van der Waals surface area (Å²) in [4.78, 5) is 0. The van der Waals surface area contributed by atoms with Gasteiger partial charge in [-0.15, -0.1) is 0 Å². The zero-order chi connectivity index (χ0) is 10.7. The molecule has 1 rings (SSSR count). The highest BCUT2D eigenvalue weighted by molar-refractivity contribution is 5.37. The van der Waals surface area contributed by atoms with Gasteiger partial charge in [0.05, 0.1) is 6.10 Å². The Morgan fingerprint density at radius 3 is 2.29 bits per heavy atom. The topological polar surface area (TPSA) is 35.2 Å². The second-order valence-electron chi connectivity index (χ2n) is 3.98. The van der Waals surface area contributed by atoms with Crippen molar-refractivity contribution < 1.29 is 4.74 Å². The molecule has 0 aromatic heterocycles. The number of nitrogens with two attached hydrogens (primary N) is 1. The molecule has 0 fully saturated rings. The summed E-state index contributed by atoms with van der Waals surface area (Å²) in [5, 5.41) is 0. The van der Waals surface area contributed by atoms with Crippen molar-refractivity contribution in [3.8, 4) is 5.75 Å². The number of hydrogen-bond acceptors (Lipinski definition) is 2. The van der Waals surface area contributed by atoms with Crippen LogP contribution in [0.1, 0.15) is 37.9 Å². The van der Waals surface area contributed by atoms with E-state index in [1.165, 1.54) is 0 Å². The Labute approximate surface area is 86.1 Å².